The second-order valence-electron chi connectivity index (χ2n) is 5.70. The lowest BCUT2D eigenvalue weighted by Gasteiger charge is -2.16. The normalized spacial score (nSPS) is 11.6. The average molecular weight is 341 g/mol. The molecule has 1 aromatic carbocycles. The van der Waals surface area contributed by atoms with Gasteiger partial charge in [0.1, 0.15) is 11.6 Å². The van der Waals surface area contributed by atoms with Gasteiger partial charge in [0.15, 0.2) is 5.13 Å². The summed E-state index contributed by atoms with van der Waals surface area (Å²) in [7, 11) is 2.03. The minimum Gasteiger partial charge on any atom is -0.341 e. The van der Waals surface area contributed by atoms with Crippen LogP contribution in [0, 0.1) is 5.82 Å². The van der Waals surface area contributed by atoms with Crippen LogP contribution in [-0.4, -0.2) is 31.5 Å². The number of nitrogens with zero attached hydrogens (tertiary/aromatic N) is 4. The van der Waals surface area contributed by atoms with Gasteiger partial charge in [0, 0.05) is 30.0 Å². The van der Waals surface area contributed by atoms with Crippen molar-refractivity contribution in [1.82, 2.24) is 24.4 Å². The van der Waals surface area contributed by atoms with Gasteiger partial charge in [0.2, 0.25) is 0 Å². The lowest BCUT2D eigenvalue weighted by molar-refractivity contribution is 0.306. The van der Waals surface area contributed by atoms with Crippen LogP contribution in [0.3, 0.4) is 0 Å². The van der Waals surface area contributed by atoms with E-state index in [1.54, 1.807) is 23.6 Å². The summed E-state index contributed by atoms with van der Waals surface area (Å²) in [5.41, 5.74) is 2.67. The van der Waals surface area contributed by atoms with Gasteiger partial charge in [0.25, 0.3) is 0 Å². The van der Waals surface area contributed by atoms with Crippen molar-refractivity contribution < 1.29 is 4.39 Å². The van der Waals surface area contributed by atoms with Gasteiger partial charge < -0.3 is 4.98 Å². The Hall–Kier alpha value is -2.51. The third kappa shape index (κ3) is 2.95. The second-order valence-corrected chi connectivity index (χ2v) is 6.57. The zero-order valence-corrected chi connectivity index (χ0v) is 13.9. The molecule has 7 heteroatoms. The third-order valence-corrected chi connectivity index (χ3v) is 4.57. The average Bonchev–Trinajstić information content (AvgIpc) is 3.25. The fourth-order valence-corrected chi connectivity index (χ4v) is 3.42. The number of hydrogen-bond acceptors (Lipinski definition) is 4. The highest BCUT2D eigenvalue weighted by molar-refractivity contribution is 7.12. The number of benzene rings is 1. The SMILES string of the molecule is CN(Cc1nc2ccc(F)cc2[nH]1)Cc1cccn1-c1nccs1. The highest BCUT2D eigenvalue weighted by Crippen LogP contribution is 2.18. The number of nitrogens with one attached hydrogen (secondary N) is 1. The largest absolute Gasteiger partial charge is 0.341 e. The highest BCUT2D eigenvalue weighted by atomic mass is 32.1. The summed E-state index contributed by atoms with van der Waals surface area (Å²) >= 11 is 1.61. The van der Waals surface area contributed by atoms with Crippen molar-refractivity contribution in [3.05, 3.63) is 65.4 Å². The zero-order chi connectivity index (χ0) is 16.5. The Labute approximate surface area is 142 Å². The van der Waals surface area contributed by atoms with Crippen LogP contribution in [0.1, 0.15) is 11.5 Å². The molecule has 122 valence electrons. The lowest BCUT2D eigenvalue weighted by Crippen LogP contribution is -2.19. The predicted molar refractivity (Wildman–Crippen MR) is 92.7 cm³/mol. The van der Waals surface area contributed by atoms with E-state index in [2.05, 4.69) is 30.5 Å². The standard InChI is InChI=1S/C17H16FN5S/c1-22(10-13-3-2-7-23(13)17-19-6-8-24-17)11-16-20-14-5-4-12(18)9-15(14)21-16/h2-9H,10-11H2,1H3,(H,20,21). The van der Waals surface area contributed by atoms with Crippen LogP contribution in [0.25, 0.3) is 16.2 Å². The molecule has 0 aliphatic carbocycles. The summed E-state index contributed by atoms with van der Waals surface area (Å²) in [6.07, 6.45) is 3.83. The molecule has 3 aromatic heterocycles. The predicted octanol–water partition coefficient (Wildman–Crippen LogP) is 3.58. The molecule has 0 amide bonds. The van der Waals surface area contributed by atoms with Crippen molar-refractivity contribution in [1.29, 1.82) is 0 Å². The van der Waals surface area contributed by atoms with Crippen molar-refractivity contribution in [2.45, 2.75) is 13.1 Å². The first-order valence-electron chi connectivity index (χ1n) is 7.58. The van der Waals surface area contributed by atoms with E-state index in [-0.39, 0.29) is 5.82 Å². The minimum absolute atomic E-state index is 0.257. The monoisotopic (exact) mass is 341 g/mol. The van der Waals surface area contributed by atoms with E-state index in [4.69, 9.17) is 0 Å². The van der Waals surface area contributed by atoms with Gasteiger partial charge >= 0.3 is 0 Å². The van der Waals surface area contributed by atoms with E-state index in [9.17, 15) is 4.39 Å². The van der Waals surface area contributed by atoms with Gasteiger partial charge in [0.05, 0.1) is 17.6 Å². The Morgan fingerprint density at radius 1 is 1.29 bits per heavy atom. The molecule has 1 N–H and O–H groups in total. The van der Waals surface area contributed by atoms with Gasteiger partial charge in [-0.3, -0.25) is 9.47 Å². The first-order valence-corrected chi connectivity index (χ1v) is 8.46. The van der Waals surface area contributed by atoms with E-state index in [1.807, 2.05) is 24.7 Å². The topological polar surface area (TPSA) is 49.7 Å². The first kappa shape index (κ1) is 15.0. The minimum atomic E-state index is -0.257. The van der Waals surface area contributed by atoms with Crippen molar-refractivity contribution in [3.8, 4) is 5.13 Å². The van der Waals surface area contributed by atoms with Gasteiger partial charge in [-0.25, -0.2) is 14.4 Å². The summed E-state index contributed by atoms with van der Waals surface area (Å²) in [6.45, 7) is 1.41. The maximum Gasteiger partial charge on any atom is 0.193 e. The molecule has 4 aromatic rings. The number of halogens is 1. The van der Waals surface area contributed by atoms with Crippen LogP contribution < -0.4 is 0 Å². The fourth-order valence-electron chi connectivity index (χ4n) is 2.76. The van der Waals surface area contributed by atoms with E-state index in [1.165, 1.54) is 12.1 Å². The summed E-state index contributed by atoms with van der Waals surface area (Å²) in [5, 5.41) is 2.93. The zero-order valence-electron chi connectivity index (χ0n) is 13.1. The Morgan fingerprint density at radius 3 is 3.04 bits per heavy atom. The van der Waals surface area contributed by atoms with E-state index >= 15 is 0 Å². The Balaban J connectivity index is 1.50. The van der Waals surface area contributed by atoms with Crippen molar-refractivity contribution in [3.63, 3.8) is 0 Å². The van der Waals surface area contributed by atoms with E-state index in [0.717, 1.165) is 34.2 Å². The quantitative estimate of drug-likeness (QED) is 0.604. The molecule has 4 rings (SSSR count). The molecule has 0 aliphatic heterocycles. The van der Waals surface area contributed by atoms with Crippen LogP contribution in [-0.2, 0) is 13.1 Å². The number of thiazole rings is 1. The molecule has 0 bridgehead atoms. The van der Waals surface area contributed by atoms with Crippen molar-refractivity contribution >= 4 is 22.4 Å². The van der Waals surface area contributed by atoms with Crippen molar-refractivity contribution in [2.24, 2.45) is 0 Å². The molecule has 0 spiro atoms. The molecular formula is C17H16FN5S. The lowest BCUT2D eigenvalue weighted by atomic mass is 10.3. The van der Waals surface area contributed by atoms with Crippen LogP contribution in [0.2, 0.25) is 0 Å². The molecule has 0 fully saturated rings. The number of hydrogen-bond donors (Lipinski definition) is 1. The number of H-pyrrole nitrogens is 1. The number of aromatic nitrogens is 4. The second kappa shape index (κ2) is 6.18. The summed E-state index contributed by atoms with van der Waals surface area (Å²) in [5.74, 6) is 0.567. The number of imidazole rings is 1. The summed E-state index contributed by atoms with van der Waals surface area (Å²) < 4.78 is 15.4. The molecule has 5 nitrogen and oxygen atoms in total. The van der Waals surface area contributed by atoms with Crippen LogP contribution in [0.5, 0.6) is 0 Å². The molecule has 0 unspecified atom stereocenters. The fraction of sp³-hybridized carbons (Fsp3) is 0.176. The van der Waals surface area contributed by atoms with Crippen molar-refractivity contribution in [2.75, 3.05) is 7.05 Å². The smallest absolute Gasteiger partial charge is 0.193 e. The van der Waals surface area contributed by atoms with Gasteiger partial charge in [-0.15, -0.1) is 11.3 Å². The van der Waals surface area contributed by atoms with Gasteiger partial charge in [-0.1, -0.05) is 0 Å². The number of fused-ring (bicyclic) bond motifs is 1. The maximum absolute atomic E-state index is 13.3. The molecule has 0 atom stereocenters. The van der Waals surface area contributed by atoms with Gasteiger partial charge in [-0.05, 0) is 37.4 Å². The number of rotatable bonds is 5. The van der Waals surface area contributed by atoms with E-state index in [0.29, 0.717) is 6.54 Å². The summed E-state index contributed by atoms with van der Waals surface area (Å²) in [4.78, 5) is 14.2. The number of aromatic amines is 1. The van der Waals surface area contributed by atoms with Crippen LogP contribution >= 0.6 is 11.3 Å². The van der Waals surface area contributed by atoms with Crippen LogP contribution in [0.4, 0.5) is 4.39 Å². The van der Waals surface area contributed by atoms with Crippen LogP contribution in [0.15, 0.2) is 48.1 Å². The van der Waals surface area contributed by atoms with E-state index < -0.39 is 0 Å². The third-order valence-electron chi connectivity index (χ3n) is 3.80. The molecule has 0 saturated carbocycles. The summed E-state index contributed by atoms with van der Waals surface area (Å²) in [6, 6.07) is 8.70. The Morgan fingerprint density at radius 2 is 2.21 bits per heavy atom. The molecule has 0 radical (unpaired) electrons. The Kier molecular flexibility index (Phi) is 3.87. The highest BCUT2D eigenvalue weighted by Gasteiger charge is 2.11. The molecule has 3 heterocycles. The molecule has 0 saturated heterocycles. The maximum atomic E-state index is 13.3. The molecular weight excluding hydrogens is 325 g/mol. The Bertz CT molecular complexity index is 957. The first-order chi connectivity index (χ1) is 11.7. The molecule has 24 heavy (non-hydrogen) atoms. The van der Waals surface area contributed by atoms with Gasteiger partial charge in [-0.2, -0.15) is 0 Å². The molecule has 0 aliphatic rings.